The molecule has 0 unspecified atom stereocenters. The molecule has 28 heavy (non-hydrogen) atoms. The van der Waals surface area contributed by atoms with Gasteiger partial charge in [-0.05, 0) is 54.9 Å². The van der Waals surface area contributed by atoms with Crippen molar-refractivity contribution in [3.63, 3.8) is 0 Å². The Hall–Kier alpha value is -1.01. The van der Waals surface area contributed by atoms with E-state index in [4.69, 9.17) is 0 Å². The maximum Gasteiger partial charge on any atom is 0.322 e. The summed E-state index contributed by atoms with van der Waals surface area (Å²) < 4.78 is 28.4. The molecule has 0 radical (unpaired) electrons. The van der Waals surface area contributed by atoms with Crippen LogP contribution in [0.3, 0.4) is 0 Å². The van der Waals surface area contributed by atoms with Crippen LogP contribution in [0.2, 0.25) is 0 Å². The van der Waals surface area contributed by atoms with Crippen molar-refractivity contribution in [2.24, 2.45) is 0 Å². The monoisotopic (exact) mass is 539 g/mol. The van der Waals surface area contributed by atoms with Gasteiger partial charge in [0, 0.05) is 14.5 Å². The molecule has 2 rings (SSSR count). The second-order valence-corrected chi connectivity index (χ2v) is 11.3. The summed E-state index contributed by atoms with van der Waals surface area (Å²) in [6.45, 7) is 7.17. The number of hydrogen-bond acceptors (Lipinski definition) is 4. The lowest BCUT2D eigenvalue weighted by molar-refractivity contribution is -0.895. The van der Waals surface area contributed by atoms with Crippen LogP contribution >= 0.6 is 31.9 Å². The van der Waals surface area contributed by atoms with Crippen LogP contribution in [0.1, 0.15) is 20.8 Å². The van der Waals surface area contributed by atoms with Crippen LogP contribution in [0.25, 0.3) is 0 Å². The summed E-state index contributed by atoms with van der Waals surface area (Å²) in [6, 6.07) is 4.49. The quantitative estimate of drug-likeness (QED) is 0.524. The third-order valence-corrected chi connectivity index (χ3v) is 7.48. The van der Waals surface area contributed by atoms with E-state index in [0.29, 0.717) is 35.1 Å². The van der Waals surface area contributed by atoms with E-state index in [1.807, 2.05) is 20.8 Å². The molecule has 3 amide bonds. The first-order valence-corrected chi connectivity index (χ1v) is 11.8. The van der Waals surface area contributed by atoms with Crippen molar-refractivity contribution in [2.75, 3.05) is 32.7 Å². The standard InChI is InChI=1S/C17H24Br2N4O4S/c1-17(2,3)21-16(25)20-15(24)11-22-6-8-23(9-7-22)28(26,27)14-10-12(18)4-5-13(14)19/h4-5,10H,6-9,11H2,1-3H3,(H2,20,21,24,25)/p+1. The van der Waals surface area contributed by atoms with Gasteiger partial charge in [0.1, 0.15) is 0 Å². The van der Waals surface area contributed by atoms with E-state index in [1.54, 1.807) is 18.2 Å². The molecule has 0 bridgehead atoms. The van der Waals surface area contributed by atoms with E-state index in [1.165, 1.54) is 4.31 Å². The number of halogens is 2. The Morgan fingerprint density at radius 2 is 1.79 bits per heavy atom. The molecular weight excluding hydrogens is 516 g/mol. The third kappa shape index (κ3) is 6.51. The number of benzene rings is 1. The maximum absolute atomic E-state index is 12.9. The largest absolute Gasteiger partial charge is 0.333 e. The molecule has 1 aliphatic rings. The normalized spacial score (nSPS) is 16.6. The fourth-order valence-electron chi connectivity index (χ4n) is 2.80. The number of imide groups is 1. The average molecular weight is 541 g/mol. The summed E-state index contributed by atoms with van der Waals surface area (Å²) in [5.41, 5.74) is -0.433. The first kappa shape index (κ1) is 23.3. The van der Waals surface area contributed by atoms with Gasteiger partial charge >= 0.3 is 6.03 Å². The number of nitrogens with one attached hydrogen (secondary N) is 3. The molecule has 0 spiro atoms. The van der Waals surface area contributed by atoms with E-state index in [9.17, 15) is 18.0 Å². The zero-order valence-corrected chi connectivity index (χ0v) is 20.0. The number of hydrogen-bond donors (Lipinski definition) is 3. The highest BCUT2D eigenvalue weighted by molar-refractivity contribution is 9.11. The van der Waals surface area contributed by atoms with Gasteiger partial charge in [-0.1, -0.05) is 15.9 Å². The molecule has 1 aromatic carbocycles. The summed E-state index contributed by atoms with van der Waals surface area (Å²) in [7, 11) is -3.63. The molecule has 156 valence electrons. The zero-order valence-electron chi connectivity index (χ0n) is 16.0. The Morgan fingerprint density at radius 3 is 2.36 bits per heavy atom. The van der Waals surface area contributed by atoms with Crippen LogP contribution < -0.4 is 15.5 Å². The van der Waals surface area contributed by atoms with Gasteiger partial charge in [-0.15, -0.1) is 0 Å². The molecule has 1 heterocycles. The molecule has 8 nitrogen and oxygen atoms in total. The van der Waals surface area contributed by atoms with Crippen LogP contribution in [0.15, 0.2) is 32.0 Å². The number of carbonyl (C=O) groups is 2. The SMILES string of the molecule is CC(C)(C)NC(=O)NC(=O)C[NH+]1CCN(S(=O)(=O)c2cc(Br)ccc2Br)CC1. The van der Waals surface area contributed by atoms with Crippen LogP contribution in [0.5, 0.6) is 0 Å². The van der Waals surface area contributed by atoms with E-state index >= 15 is 0 Å². The molecule has 1 aliphatic heterocycles. The summed E-state index contributed by atoms with van der Waals surface area (Å²) in [5, 5.41) is 4.98. The van der Waals surface area contributed by atoms with Crippen LogP contribution in [0, 0.1) is 0 Å². The van der Waals surface area contributed by atoms with Gasteiger partial charge in [-0.3, -0.25) is 10.1 Å². The lowest BCUT2D eigenvalue weighted by Gasteiger charge is -2.31. The number of urea groups is 1. The zero-order chi connectivity index (χ0) is 21.1. The topological polar surface area (TPSA) is 100 Å². The highest BCUT2D eigenvalue weighted by Gasteiger charge is 2.32. The Morgan fingerprint density at radius 1 is 1.18 bits per heavy atom. The van der Waals surface area contributed by atoms with Crippen molar-refractivity contribution in [3.05, 3.63) is 27.1 Å². The molecule has 1 saturated heterocycles. The number of quaternary nitrogens is 1. The van der Waals surface area contributed by atoms with E-state index in [0.717, 1.165) is 4.90 Å². The van der Waals surface area contributed by atoms with Gasteiger partial charge < -0.3 is 10.2 Å². The fraction of sp³-hybridized carbons (Fsp3) is 0.529. The lowest BCUT2D eigenvalue weighted by Crippen LogP contribution is -3.15. The Bertz CT molecular complexity index is 847. The molecule has 0 saturated carbocycles. The minimum Gasteiger partial charge on any atom is -0.333 e. The van der Waals surface area contributed by atoms with Crippen molar-refractivity contribution in [3.8, 4) is 0 Å². The van der Waals surface area contributed by atoms with Gasteiger partial charge in [0.15, 0.2) is 6.54 Å². The highest BCUT2D eigenvalue weighted by atomic mass is 79.9. The minimum atomic E-state index is -3.63. The fourth-order valence-corrected chi connectivity index (χ4v) is 5.71. The second-order valence-electron chi connectivity index (χ2n) is 7.66. The number of piperazine rings is 1. The average Bonchev–Trinajstić information content (AvgIpc) is 2.55. The van der Waals surface area contributed by atoms with Crippen molar-refractivity contribution in [1.29, 1.82) is 0 Å². The molecule has 1 fully saturated rings. The number of sulfonamides is 1. The smallest absolute Gasteiger partial charge is 0.322 e. The summed E-state index contributed by atoms with van der Waals surface area (Å²) in [6.07, 6.45) is 0. The van der Waals surface area contributed by atoms with Crippen LogP contribution in [-0.2, 0) is 14.8 Å². The molecular formula is C17H25Br2N4O4S+. The predicted molar refractivity (Wildman–Crippen MR) is 113 cm³/mol. The lowest BCUT2D eigenvalue weighted by atomic mass is 10.1. The highest BCUT2D eigenvalue weighted by Crippen LogP contribution is 2.28. The van der Waals surface area contributed by atoms with Crippen molar-refractivity contribution in [2.45, 2.75) is 31.2 Å². The molecule has 3 N–H and O–H groups in total. The first-order chi connectivity index (χ1) is 12.9. The van der Waals surface area contributed by atoms with E-state index in [-0.39, 0.29) is 17.3 Å². The number of nitrogens with zero attached hydrogens (tertiary/aromatic N) is 1. The van der Waals surface area contributed by atoms with E-state index < -0.39 is 21.6 Å². The van der Waals surface area contributed by atoms with Gasteiger partial charge in [0.2, 0.25) is 10.0 Å². The number of carbonyl (C=O) groups excluding carboxylic acids is 2. The van der Waals surface area contributed by atoms with Gasteiger partial charge in [-0.2, -0.15) is 4.31 Å². The maximum atomic E-state index is 12.9. The van der Waals surface area contributed by atoms with Gasteiger partial charge in [0.05, 0.1) is 31.1 Å². The second kappa shape index (κ2) is 9.21. The first-order valence-electron chi connectivity index (χ1n) is 8.79. The Labute approximate surface area is 182 Å². The summed E-state index contributed by atoms with van der Waals surface area (Å²) in [4.78, 5) is 25.0. The summed E-state index contributed by atoms with van der Waals surface area (Å²) >= 11 is 6.60. The molecule has 0 aromatic heterocycles. The van der Waals surface area contributed by atoms with Crippen molar-refractivity contribution in [1.82, 2.24) is 14.9 Å². The van der Waals surface area contributed by atoms with Crippen molar-refractivity contribution < 1.29 is 22.9 Å². The van der Waals surface area contributed by atoms with Crippen molar-refractivity contribution >= 4 is 53.8 Å². The summed E-state index contributed by atoms with van der Waals surface area (Å²) in [5.74, 6) is -0.386. The number of amides is 3. The molecule has 0 aliphatic carbocycles. The molecule has 0 atom stereocenters. The van der Waals surface area contributed by atoms with Gasteiger partial charge in [0.25, 0.3) is 5.91 Å². The molecule has 1 aromatic rings. The Kier molecular flexibility index (Phi) is 7.65. The minimum absolute atomic E-state index is 0.117. The van der Waals surface area contributed by atoms with Crippen LogP contribution in [0.4, 0.5) is 4.79 Å². The van der Waals surface area contributed by atoms with Gasteiger partial charge in [-0.25, -0.2) is 13.2 Å². The number of rotatable bonds is 4. The predicted octanol–water partition coefficient (Wildman–Crippen LogP) is 0.725. The molecule has 11 heteroatoms. The third-order valence-electron chi connectivity index (χ3n) is 4.09. The van der Waals surface area contributed by atoms with Crippen LogP contribution in [-0.4, -0.2) is 62.9 Å². The Balaban J connectivity index is 1.91. The van der Waals surface area contributed by atoms with E-state index in [2.05, 4.69) is 42.5 Å².